The molecule has 1 aromatic carbocycles. The first-order chi connectivity index (χ1) is 7.58. The number of aliphatic hydroxyl groups is 1. The number of rotatable bonds is 2. The molecule has 1 aromatic heterocycles. The third kappa shape index (κ3) is 2.41. The van der Waals surface area contributed by atoms with Gasteiger partial charge in [0.2, 0.25) is 0 Å². The zero-order valence-electron chi connectivity index (χ0n) is 8.58. The molecular weight excluding hydrogens is 263 g/mol. The summed E-state index contributed by atoms with van der Waals surface area (Å²) in [5.74, 6) is 0. The van der Waals surface area contributed by atoms with E-state index in [0.717, 1.165) is 11.1 Å². The molecule has 1 nitrogen and oxygen atoms in total. The Kier molecular flexibility index (Phi) is 3.55. The van der Waals surface area contributed by atoms with E-state index in [1.807, 2.05) is 31.2 Å². The van der Waals surface area contributed by atoms with Crippen LogP contribution in [-0.2, 0) is 0 Å². The van der Waals surface area contributed by atoms with E-state index in [0.29, 0.717) is 14.2 Å². The molecule has 2 rings (SSSR count). The Balaban J connectivity index is 2.35. The average Bonchev–Trinajstić information content (AvgIpc) is 2.58. The van der Waals surface area contributed by atoms with Crippen LogP contribution >= 0.6 is 34.5 Å². The molecule has 0 radical (unpaired) electrons. The highest BCUT2D eigenvalue weighted by atomic mass is 35.5. The summed E-state index contributed by atoms with van der Waals surface area (Å²) in [4.78, 5) is 0. The molecule has 1 heterocycles. The summed E-state index contributed by atoms with van der Waals surface area (Å²) in [6.45, 7) is 2.00. The fraction of sp³-hybridized carbons (Fsp3) is 0.167. The van der Waals surface area contributed by atoms with Crippen molar-refractivity contribution in [1.82, 2.24) is 0 Å². The van der Waals surface area contributed by atoms with Crippen molar-refractivity contribution in [3.05, 3.63) is 55.7 Å². The van der Waals surface area contributed by atoms with Gasteiger partial charge in [-0.1, -0.05) is 53.0 Å². The minimum atomic E-state index is -0.711. The largest absolute Gasteiger partial charge is 0.384 e. The molecule has 84 valence electrons. The molecule has 0 fully saturated rings. The van der Waals surface area contributed by atoms with Crippen molar-refractivity contribution in [2.75, 3.05) is 0 Å². The Hall–Kier alpha value is -0.540. The molecule has 4 heteroatoms. The molecule has 0 spiro atoms. The lowest BCUT2D eigenvalue weighted by molar-refractivity contribution is 0.221. The molecule has 0 amide bonds. The van der Waals surface area contributed by atoms with Gasteiger partial charge in [-0.15, -0.1) is 11.3 Å². The van der Waals surface area contributed by atoms with E-state index in [-0.39, 0.29) is 0 Å². The molecule has 1 unspecified atom stereocenters. The van der Waals surface area contributed by atoms with Crippen LogP contribution in [0.1, 0.15) is 22.8 Å². The number of aryl methyl sites for hydroxylation is 1. The van der Waals surface area contributed by atoms with Gasteiger partial charge in [-0.3, -0.25) is 0 Å². The molecule has 0 bridgehead atoms. The summed E-state index contributed by atoms with van der Waals surface area (Å²) in [6, 6.07) is 9.41. The summed E-state index contributed by atoms with van der Waals surface area (Å²) in [5, 5.41) is 10.1. The summed E-state index contributed by atoms with van der Waals surface area (Å²) in [7, 11) is 0. The van der Waals surface area contributed by atoms with E-state index in [2.05, 4.69) is 0 Å². The van der Waals surface area contributed by atoms with Gasteiger partial charge in [0.1, 0.15) is 10.4 Å². The van der Waals surface area contributed by atoms with Crippen LogP contribution in [0.4, 0.5) is 0 Å². The second-order valence-electron chi connectivity index (χ2n) is 3.59. The normalized spacial score (nSPS) is 12.8. The third-order valence-electron chi connectivity index (χ3n) is 2.37. The van der Waals surface area contributed by atoms with Gasteiger partial charge in [0.15, 0.2) is 0 Å². The predicted octanol–water partition coefficient (Wildman–Crippen LogP) is 4.45. The summed E-state index contributed by atoms with van der Waals surface area (Å²) in [5.41, 5.74) is 2.65. The first kappa shape index (κ1) is 11.9. The smallest absolute Gasteiger partial charge is 0.106 e. The van der Waals surface area contributed by atoms with Gasteiger partial charge in [0.05, 0.1) is 4.34 Å². The molecule has 16 heavy (non-hydrogen) atoms. The van der Waals surface area contributed by atoms with E-state index in [4.69, 9.17) is 23.2 Å². The van der Waals surface area contributed by atoms with Gasteiger partial charge >= 0.3 is 0 Å². The van der Waals surface area contributed by atoms with Crippen molar-refractivity contribution in [2.24, 2.45) is 0 Å². The first-order valence-corrected chi connectivity index (χ1v) is 6.34. The maximum atomic E-state index is 10.1. The van der Waals surface area contributed by atoms with Gasteiger partial charge in [0.25, 0.3) is 0 Å². The Morgan fingerprint density at radius 2 is 1.81 bits per heavy atom. The van der Waals surface area contributed by atoms with E-state index in [9.17, 15) is 5.11 Å². The van der Waals surface area contributed by atoms with E-state index in [1.165, 1.54) is 11.3 Å². The minimum absolute atomic E-state index is 0.540. The van der Waals surface area contributed by atoms with Gasteiger partial charge in [-0.2, -0.15) is 0 Å². The van der Waals surface area contributed by atoms with Crippen LogP contribution in [0.2, 0.25) is 8.67 Å². The van der Waals surface area contributed by atoms with Crippen LogP contribution in [0.15, 0.2) is 30.3 Å². The van der Waals surface area contributed by atoms with E-state index < -0.39 is 6.10 Å². The highest BCUT2D eigenvalue weighted by Crippen LogP contribution is 2.37. The summed E-state index contributed by atoms with van der Waals surface area (Å²) < 4.78 is 1.13. The number of hydrogen-bond acceptors (Lipinski definition) is 2. The quantitative estimate of drug-likeness (QED) is 0.857. The van der Waals surface area contributed by atoms with Crippen molar-refractivity contribution >= 4 is 34.5 Å². The number of halogens is 2. The molecular formula is C12H10Cl2OS. The van der Waals surface area contributed by atoms with Crippen LogP contribution in [0, 0.1) is 6.92 Å². The van der Waals surface area contributed by atoms with Crippen LogP contribution in [-0.4, -0.2) is 5.11 Å². The van der Waals surface area contributed by atoms with Gasteiger partial charge in [-0.25, -0.2) is 0 Å². The standard InChI is InChI=1S/C12H10Cl2OS/c1-7-2-4-8(5-3-7)11(15)9-6-10(13)16-12(9)14/h2-6,11,15H,1H3. The molecule has 1 atom stereocenters. The Morgan fingerprint density at radius 3 is 2.31 bits per heavy atom. The SMILES string of the molecule is Cc1ccc(C(O)c2cc(Cl)sc2Cl)cc1. The van der Waals surface area contributed by atoms with Crippen molar-refractivity contribution in [3.63, 3.8) is 0 Å². The molecule has 0 aliphatic heterocycles. The Bertz CT molecular complexity index is 490. The lowest BCUT2D eigenvalue weighted by Crippen LogP contribution is -1.98. The van der Waals surface area contributed by atoms with E-state index in [1.54, 1.807) is 6.07 Å². The van der Waals surface area contributed by atoms with Crippen LogP contribution in [0.5, 0.6) is 0 Å². The lowest BCUT2D eigenvalue weighted by atomic mass is 10.0. The van der Waals surface area contributed by atoms with Crippen LogP contribution in [0.25, 0.3) is 0 Å². The number of hydrogen-bond donors (Lipinski definition) is 1. The maximum Gasteiger partial charge on any atom is 0.106 e. The molecule has 0 saturated carbocycles. The van der Waals surface area contributed by atoms with Gasteiger partial charge < -0.3 is 5.11 Å². The predicted molar refractivity (Wildman–Crippen MR) is 69.6 cm³/mol. The van der Waals surface area contributed by atoms with Crippen LogP contribution < -0.4 is 0 Å². The number of aliphatic hydroxyl groups excluding tert-OH is 1. The molecule has 0 saturated heterocycles. The van der Waals surface area contributed by atoms with E-state index >= 15 is 0 Å². The first-order valence-electron chi connectivity index (χ1n) is 4.77. The maximum absolute atomic E-state index is 10.1. The zero-order valence-corrected chi connectivity index (χ0v) is 10.9. The topological polar surface area (TPSA) is 20.2 Å². The number of thiophene rings is 1. The summed E-state index contributed by atoms with van der Waals surface area (Å²) in [6.07, 6.45) is -0.711. The Morgan fingerprint density at radius 1 is 1.19 bits per heavy atom. The fourth-order valence-corrected chi connectivity index (χ4v) is 2.99. The molecule has 2 aromatic rings. The van der Waals surface area contributed by atoms with Gasteiger partial charge in [-0.05, 0) is 18.6 Å². The Labute approximate surface area is 108 Å². The monoisotopic (exact) mass is 272 g/mol. The second kappa shape index (κ2) is 4.76. The zero-order chi connectivity index (χ0) is 11.7. The molecule has 1 N–H and O–H groups in total. The highest BCUT2D eigenvalue weighted by Gasteiger charge is 2.16. The second-order valence-corrected chi connectivity index (χ2v) is 5.88. The average molecular weight is 273 g/mol. The summed E-state index contributed by atoms with van der Waals surface area (Å²) >= 11 is 13.1. The number of benzene rings is 1. The van der Waals surface area contributed by atoms with Crippen LogP contribution in [0.3, 0.4) is 0 Å². The van der Waals surface area contributed by atoms with Crippen molar-refractivity contribution in [1.29, 1.82) is 0 Å². The van der Waals surface area contributed by atoms with Gasteiger partial charge in [0, 0.05) is 5.56 Å². The van der Waals surface area contributed by atoms with Crippen molar-refractivity contribution in [3.8, 4) is 0 Å². The highest BCUT2D eigenvalue weighted by molar-refractivity contribution is 7.20. The minimum Gasteiger partial charge on any atom is -0.384 e. The van der Waals surface area contributed by atoms with Crippen molar-refractivity contribution in [2.45, 2.75) is 13.0 Å². The van der Waals surface area contributed by atoms with Crippen molar-refractivity contribution < 1.29 is 5.11 Å². The lowest BCUT2D eigenvalue weighted by Gasteiger charge is -2.10. The molecule has 0 aliphatic carbocycles. The third-order valence-corrected chi connectivity index (χ3v) is 3.89. The molecule has 0 aliphatic rings. The fourth-order valence-electron chi connectivity index (χ4n) is 1.47.